The SMILES string of the molecule is CCNC(Cc1nc(C)cs1)C1CCCc2sccc21. The number of likely N-dealkylation sites (N-methyl/N-ethyl adjacent to an activating group) is 1. The van der Waals surface area contributed by atoms with Gasteiger partial charge < -0.3 is 5.32 Å². The van der Waals surface area contributed by atoms with Crippen molar-refractivity contribution in [1.82, 2.24) is 10.3 Å². The first-order valence-electron chi connectivity index (χ1n) is 7.48. The Bertz CT molecular complexity index is 558. The van der Waals surface area contributed by atoms with E-state index >= 15 is 0 Å². The van der Waals surface area contributed by atoms with E-state index in [1.807, 2.05) is 11.3 Å². The van der Waals surface area contributed by atoms with Gasteiger partial charge in [-0.2, -0.15) is 0 Å². The lowest BCUT2D eigenvalue weighted by Crippen LogP contribution is -2.37. The number of aromatic nitrogens is 1. The van der Waals surface area contributed by atoms with E-state index in [1.165, 1.54) is 24.3 Å². The van der Waals surface area contributed by atoms with Gasteiger partial charge in [0.15, 0.2) is 0 Å². The van der Waals surface area contributed by atoms with Gasteiger partial charge in [0.1, 0.15) is 0 Å². The van der Waals surface area contributed by atoms with E-state index < -0.39 is 0 Å². The van der Waals surface area contributed by atoms with Crippen molar-refractivity contribution in [3.8, 4) is 0 Å². The number of thiophene rings is 1. The van der Waals surface area contributed by atoms with Crippen LogP contribution in [0, 0.1) is 6.92 Å². The molecule has 0 aromatic carbocycles. The summed E-state index contributed by atoms with van der Waals surface area (Å²) in [4.78, 5) is 6.26. The minimum Gasteiger partial charge on any atom is -0.313 e. The molecule has 1 aliphatic carbocycles. The average molecular weight is 306 g/mol. The molecule has 0 amide bonds. The third-order valence-corrected chi connectivity index (χ3v) is 6.10. The predicted octanol–water partition coefficient (Wildman–Crippen LogP) is 4.15. The molecule has 2 atom stereocenters. The quantitative estimate of drug-likeness (QED) is 0.897. The summed E-state index contributed by atoms with van der Waals surface area (Å²) in [6.45, 7) is 5.32. The molecule has 0 bridgehead atoms. The number of thiazole rings is 1. The van der Waals surface area contributed by atoms with Crippen molar-refractivity contribution in [2.24, 2.45) is 0 Å². The molecular weight excluding hydrogens is 284 g/mol. The zero-order chi connectivity index (χ0) is 13.9. The van der Waals surface area contributed by atoms with Crippen molar-refractivity contribution in [3.63, 3.8) is 0 Å². The first-order chi connectivity index (χ1) is 9.78. The maximum Gasteiger partial charge on any atom is 0.0943 e. The van der Waals surface area contributed by atoms with E-state index in [2.05, 4.69) is 41.0 Å². The van der Waals surface area contributed by atoms with Crippen LogP contribution in [0.25, 0.3) is 0 Å². The van der Waals surface area contributed by atoms with E-state index in [0.717, 1.165) is 18.7 Å². The van der Waals surface area contributed by atoms with Gasteiger partial charge in [-0.1, -0.05) is 6.92 Å². The molecule has 2 heterocycles. The number of nitrogens with zero attached hydrogens (tertiary/aromatic N) is 1. The van der Waals surface area contributed by atoms with E-state index in [0.29, 0.717) is 12.0 Å². The third kappa shape index (κ3) is 2.97. The molecule has 2 aromatic rings. The van der Waals surface area contributed by atoms with E-state index in [9.17, 15) is 0 Å². The zero-order valence-corrected chi connectivity index (χ0v) is 13.8. The Morgan fingerprint density at radius 3 is 3.10 bits per heavy atom. The second-order valence-electron chi connectivity index (χ2n) is 5.55. The highest BCUT2D eigenvalue weighted by atomic mass is 32.1. The summed E-state index contributed by atoms with van der Waals surface area (Å²) in [6, 6.07) is 2.88. The summed E-state index contributed by atoms with van der Waals surface area (Å²) in [6.07, 6.45) is 4.98. The van der Waals surface area contributed by atoms with Crippen LogP contribution in [0.3, 0.4) is 0 Å². The lowest BCUT2D eigenvalue weighted by atomic mass is 9.81. The van der Waals surface area contributed by atoms with Crippen molar-refractivity contribution in [2.45, 2.75) is 51.5 Å². The van der Waals surface area contributed by atoms with E-state index in [-0.39, 0.29) is 0 Å². The Morgan fingerprint density at radius 2 is 2.35 bits per heavy atom. The first kappa shape index (κ1) is 14.2. The van der Waals surface area contributed by atoms with Crippen LogP contribution in [0.15, 0.2) is 16.8 Å². The maximum absolute atomic E-state index is 4.65. The number of aryl methyl sites for hydroxylation is 2. The Hall–Kier alpha value is -0.710. The number of hydrogen-bond donors (Lipinski definition) is 1. The van der Waals surface area contributed by atoms with Crippen LogP contribution < -0.4 is 5.32 Å². The Balaban J connectivity index is 1.81. The molecule has 20 heavy (non-hydrogen) atoms. The molecule has 1 aliphatic rings. The van der Waals surface area contributed by atoms with Crippen LogP contribution in [-0.4, -0.2) is 17.6 Å². The molecule has 3 rings (SSSR count). The molecule has 0 saturated heterocycles. The molecule has 0 fully saturated rings. The fraction of sp³-hybridized carbons (Fsp3) is 0.562. The maximum atomic E-state index is 4.65. The lowest BCUT2D eigenvalue weighted by Gasteiger charge is -2.31. The van der Waals surface area contributed by atoms with Gasteiger partial charge in [-0.15, -0.1) is 22.7 Å². The largest absolute Gasteiger partial charge is 0.313 e. The molecule has 1 N–H and O–H groups in total. The molecule has 4 heteroatoms. The van der Waals surface area contributed by atoms with Crippen molar-refractivity contribution < 1.29 is 0 Å². The van der Waals surface area contributed by atoms with E-state index in [4.69, 9.17) is 0 Å². The third-order valence-electron chi connectivity index (χ3n) is 4.11. The van der Waals surface area contributed by atoms with Gasteiger partial charge in [0, 0.05) is 34.3 Å². The monoisotopic (exact) mass is 306 g/mol. The van der Waals surface area contributed by atoms with Gasteiger partial charge in [-0.25, -0.2) is 4.98 Å². The summed E-state index contributed by atoms with van der Waals surface area (Å²) < 4.78 is 0. The summed E-state index contributed by atoms with van der Waals surface area (Å²) in [5.41, 5.74) is 2.75. The number of hydrogen-bond acceptors (Lipinski definition) is 4. The highest BCUT2D eigenvalue weighted by Crippen LogP contribution is 2.38. The van der Waals surface area contributed by atoms with Gasteiger partial charge >= 0.3 is 0 Å². The number of fused-ring (bicyclic) bond motifs is 1. The predicted molar refractivity (Wildman–Crippen MR) is 88.0 cm³/mol. The van der Waals surface area contributed by atoms with Gasteiger partial charge in [0.2, 0.25) is 0 Å². The highest BCUT2D eigenvalue weighted by Gasteiger charge is 2.28. The molecule has 0 saturated carbocycles. The smallest absolute Gasteiger partial charge is 0.0943 e. The molecule has 2 aromatic heterocycles. The first-order valence-corrected chi connectivity index (χ1v) is 9.24. The van der Waals surface area contributed by atoms with Crippen LogP contribution in [0.5, 0.6) is 0 Å². The molecule has 2 unspecified atom stereocenters. The minimum absolute atomic E-state index is 0.527. The van der Waals surface area contributed by atoms with Gasteiger partial charge in [-0.05, 0) is 49.7 Å². The van der Waals surface area contributed by atoms with Gasteiger partial charge in [0.05, 0.1) is 5.01 Å². The minimum atomic E-state index is 0.527. The Kier molecular flexibility index (Phi) is 4.54. The molecule has 0 spiro atoms. The fourth-order valence-corrected chi connectivity index (χ4v) is 5.07. The number of nitrogens with one attached hydrogen (secondary N) is 1. The van der Waals surface area contributed by atoms with Gasteiger partial charge in [-0.3, -0.25) is 0 Å². The second-order valence-corrected chi connectivity index (χ2v) is 7.49. The van der Waals surface area contributed by atoms with Crippen LogP contribution in [0.4, 0.5) is 0 Å². The molecule has 108 valence electrons. The van der Waals surface area contributed by atoms with Crippen molar-refractivity contribution in [2.75, 3.05) is 6.54 Å². The molecule has 2 nitrogen and oxygen atoms in total. The lowest BCUT2D eigenvalue weighted by molar-refractivity contribution is 0.397. The fourth-order valence-electron chi connectivity index (χ4n) is 3.24. The summed E-state index contributed by atoms with van der Waals surface area (Å²) in [7, 11) is 0. The molecular formula is C16H22N2S2. The van der Waals surface area contributed by atoms with Crippen molar-refractivity contribution in [3.05, 3.63) is 38.0 Å². The topological polar surface area (TPSA) is 24.9 Å². The summed E-state index contributed by atoms with van der Waals surface area (Å²) >= 11 is 3.74. The molecule has 0 radical (unpaired) electrons. The van der Waals surface area contributed by atoms with Crippen molar-refractivity contribution >= 4 is 22.7 Å². The van der Waals surface area contributed by atoms with Crippen molar-refractivity contribution in [1.29, 1.82) is 0 Å². The normalized spacial score (nSPS) is 19.8. The summed E-state index contributed by atoms with van der Waals surface area (Å²) in [5.74, 6) is 0.661. The second kappa shape index (κ2) is 6.37. The zero-order valence-electron chi connectivity index (χ0n) is 12.2. The van der Waals surface area contributed by atoms with Gasteiger partial charge in [0.25, 0.3) is 0 Å². The number of rotatable bonds is 5. The van der Waals surface area contributed by atoms with Crippen LogP contribution in [0.2, 0.25) is 0 Å². The highest BCUT2D eigenvalue weighted by molar-refractivity contribution is 7.10. The van der Waals surface area contributed by atoms with Crippen LogP contribution >= 0.6 is 22.7 Å². The molecule has 0 aliphatic heterocycles. The van der Waals surface area contributed by atoms with Crippen LogP contribution in [0.1, 0.15) is 46.8 Å². The standard InChI is InChI=1S/C16H22N2S2/c1-3-17-14(9-16-18-11(2)10-20-16)12-5-4-6-15-13(12)7-8-19-15/h7-8,10,12,14,17H,3-6,9H2,1-2H3. The Morgan fingerprint density at radius 1 is 1.45 bits per heavy atom. The summed E-state index contributed by atoms with van der Waals surface area (Å²) in [5, 5.41) is 9.41. The van der Waals surface area contributed by atoms with E-state index in [1.54, 1.807) is 21.8 Å². The average Bonchev–Trinajstić information content (AvgIpc) is 3.06. The Labute approximate surface area is 129 Å². The van der Waals surface area contributed by atoms with Crippen LogP contribution in [-0.2, 0) is 12.8 Å².